The van der Waals surface area contributed by atoms with E-state index in [0.29, 0.717) is 0 Å². The number of thiophene rings is 1. The molecule has 3 nitrogen and oxygen atoms in total. The zero-order valence-corrected chi connectivity index (χ0v) is 9.57. The Bertz CT molecular complexity index is 405. The van der Waals surface area contributed by atoms with Crippen LogP contribution in [0.2, 0.25) is 0 Å². The molecule has 80 valence electrons. The second-order valence-corrected chi connectivity index (χ2v) is 4.70. The maximum Gasteiger partial charge on any atom is 0.0537 e. The molecule has 0 saturated heterocycles. The van der Waals surface area contributed by atoms with Crippen LogP contribution in [0, 0.1) is 0 Å². The Morgan fingerprint density at radius 3 is 3.07 bits per heavy atom. The van der Waals surface area contributed by atoms with Gasteiger partial charge in [-0.25, -0.2) is 0 Å². The first-order valence-corrected chi connectivity index (χ1v) is 5.90. The smallest absolute Gasteiger partial charge is 0.0537 e. The van der Waals surface area contributed by atoms with Gasteiger partial charge in [-0.1, -0.05) is 6.07 Å². The van der Waals surface area contributed by atoms with E-state index >= 15 is 0 Å². The summed E-state index contributed by atoms with van der Waals surface area (Å²) in [4.78, 5) is 1.40. The van der Waals surface area contributed by atoms with E-state index in [1.807, 2.05) is 19.4 Å². The molecule has 0 amide bonds. The number of nitrogens with two attached hydrogens (primary N) is 1. The van der Waals surface area contributed by atoms with Crippen LogP contribution in [0.15, 0.2) is 29.9 Å². The van der Waals surface area contributed by atoms with Gasteiger partial charge in [-0.3, -0.25) is 4.68 Å². The molecule has 0 radical (unpaired) electrons. The summed E-state index contributed by atoms with van der Waals surface area (Å²) in [5.41, 5.74) is 7.20. The number of aryl methyl sites for hydroxylation is 2. The molecule has 2 aromatic heterocycles. The molecule has 2 N–H and O–H groups in total. The lowest BCUT2D eigenvalue weighted by atomic mass is 10.1. The lowest BCUT2D eigenvalue weighted by molar-refractivity contribution is 0.654. The van der Waals surface area contributed by atoms with Crippen LogP contribution in [-0.2, 0) is 13.5 Å². The first-order chi connectivity index (χ1) is 7.25. The summed E-state index contributed by atoms with van der Waals surface area (Å²) in [6, 6.07) is 4.33. The minimum absolute atomic E-state index is 0.0980. The summed E-state index contributed by atoms with van der Waals surface area (Å²) in [7, 11) is 1.91. The summed E-state index contributed by atoms with van der Waals surface area (Å²) in [6.45, 7) is 0. The molecule has 2 rings (SSSR count). The zero-order chi connectivity index (χ0) is 10.7. The molecule has 0 saturated carbocycles. The molecule has 1 atom stereocenters. The molecule has 0 aliphatic carbocycles. The molecule has 2 aromatic rings. The first kappa shape index (κ1) is 10.4. The van der Waals surface area contributed by atoms with Crippen molar-refractivity contribution < 1.29 is 0 Å². The average Bonchev–Trinajstić information content (AvgIpc) is 2.84. The van der Waals surface area contributed by atoms with Crippen molar-refractivity contribution in [3.05, 3.63) is 40.3 Å². The van der Waals surface area contributed by atoms with Crippen LogP contribution < -0.4 is 5.73 Å². The molecule has 1 unspecified atom stereocenters. The Hall–Kier alpha value is -1.13. The van der Waals surface area contributed by atoms with Crippen LogP contribution in [0.4, 0.5) is 0 Å². The topological polar surface area (TPSA) is 43.8 Å². The van der Waals surface area contributed by atoms with E-state index < -0.39 is 0 Å². The van der Waals surface area contributed by atoms with Crippen LogP contribution in [0.25, 0.3) is 0 Å². The van der Waals surface area contributed by atoms with Crippen molar-refractivity contribution in [3.63, 3.8) is 0 Å². The Kier molecular flexibility index (Phi) is 3.18. The standard InChI is InChI=1S/C11H15N3S/c1-14-8-9(7-13-14)11(12)5-4-10-3-2-6-15-10/h2-3,6-8,11H,4-5,12H2,1H3. The van der Waals surface area contributed by atoms with Gasteiger partial charge in [0.25, 0.3) is 0 Å². The number of aromatic nitrogens is 2. The van der Waals surface area contributed by atoms with Gasteiger partial charge in [0, 0.05) is 29.7 Å². The van der Waals surface area contributed by atoms with Crippen LogP contribution in [0.1, 0.15) is 22.9 Å². The molecular formula is C11H15N3S. The molecular weight excluding hydrogens is 206 g/mol. The summed E-state index contributed by atoms with van der Waals surface area (Å²) in [5, 5.41) is 6.22. The van der Waals surface area contributed by atoms with Crippen LogP contribution in [0.5, 0.6) is 0 Å². The largest absolute Gasteiger partial charge is 0.324 e. The highest BCUT2D eigenvalue weighted by atomic mass is 32.1. The predicted octanol–water partition coefficient (Wildman–Crippen LogP) is 2.11. The minimum atomic E-state index is 0.0980. The quantitative estimate of drug-likeness (QED) is 0.859. The number of hydrogen-bond acceptors (Lipinski definition) is 3. The van der Waals surface area contributed by atoms with E-state index in [-0.39, 0.29) is 6.04 Å². The Morgan fingerprint density at radius 1 is 1.60 bits per heavy atom. The highest BCUT2D eigenvalue weighted by Gasteiger charge is 2.08. The fourth-order valence-electron chi connectivity index (χ4n) is 1.55. The maximum absolute atomic E-state index is 6.08. The lowest BCUT2D eigenvalue weighted by Crippen LogP contribution is -2.10. The van der Waals surface area contributed by atoms with E-state index in [2.05, 4.69) is 22.6 Å². The summed E-state index contributed by atoms with van der Waals surface area (Å²) < 4.78 is 1.79. The second-order valence-electron chi connectivity index (χ2n) is 3.67. The van der Waals surface area contributed by atoms with Crippen molar-refractivity contribution in [1.82, 2.24) is 9.78 Å². The van der Waals surface area contributed by atoms with Gasteiger partial charge in [-0.05, 0) is 24.3 Å². The van der Waals surface area contributed by atoms with Crippen molar-refractivity contribution in [2.75, 3.05) is 0 Å². The van der Waals surface area contributed by atoms with Gasteiger partial charge in [-0.2, -0.15) is 5.10 Å². The summed E-state index contributed by atoms with van der Waals surface area (Å²) in [6.07, 6.45) is 5.86. The molecule has 0 spiro atoms. The fraction of sp³-hybridized carbons (Fsp3) is 0.364. The maximum atomic E-state index is 6.08. The molecule has 2 heterocycles. The zero-order valence-electron chi connectivity index (χ0n) is 8.76. The molecule has 0 aliphatic rings. The van der Waals surface area contributed by atoms with Gasteiger partial charge in [0.2, 0.25) is 0 Å². The Morgan fingerprint density at radius 2 is 2.47 bits per heavy atom. The van der Waals surface area contributed by atoms with Crippen molar-refractivity contribution >= 4 is 11.3 Å². The van der Waals surface area contributed by atoms with Crippen molar-refractivity contribution in [2.45, 2.75) is 18.9 Å². The number of hydrogen-bond donors (Lipinski definition) is 1. The van der Waals surface area contributed by atoms with Gasteiger partial charge < -0.3 is 5.73 Å². The van der Waals surface area contributed by atoms with Crippen LogP contribution in [0.3, 0.4) is 0 Å². The van der Waals surface area contributed by atoms with Gasteiger partial charge in [0.15, 0.2) is 0 Å². The lowest BCUT2D eigenvalue weighted by Gasteiger charge is -2.07. The highest BCUT2D eigenvalue weighted by molar-refractivity contribution is 7.09. The van der Waals surface area contributed by atoms with E-state index in [1.54, 1.807) is 16.0 Å². The molecule has 4 heteroatoms. The van der Waals surface area contributed by atoms with Gasteiger partial charge in [0.1, 0.15) is 0 Å². The monoisotopic (exact) mass is 221 g/mol. The molecule has 0 bridgehead atoms. The summed E-state index contributed by atoms with van der Waals surface area (Å²) in [5.74, 6) is 0. The molecule has 0 aliphatic heterocycles. The van der Waals surface area contributed by atoms with Gasteiger partial charge >= 0.3 is 0 Å². The van der Waals surface area contributed by atoms with E-state index in [4.69, 9.17) is 5.73 Å². The number of nitrogens with zero attached hydrogens (tertiary/aromatic N) is 2. The van der Waals surface area contributed by atoms with Crippen molar-refractivity contribution in [2.24, 2.45) is 12.8 Å². The van der Waals surface area contributed by atoms with E-state index in [0.717, 1.165) is 18.4 Å². The van der Waals surface area contributed by atoms with E-state index in [9.17, 15) is 0 Å². The normalized spacial score (nSPS) is 12.9. The highest BCUT2D eigenvalue weighted by Crippen LogP contribution is 2.18. The van der Waals surface area contributed by atoms with Gasteiger partial charge in [0.05, 0.1) is 6.20 Å². The predicted molar refractivity (Wildman–Crippen MR) is 62.8 cm³/mol. The molecule has 15 heavy (non-hydrogen) atoms. The van der Waals surface area contributed by atoms with Crippen molar-refractivity contribution in [3.8, 4) is 0 Å². The van der Waals surface area contributed by atoms with Gasteiger partial charge in [-0.15, -0.1) is 11.3 Å². The Balaban J connectivity index is 1.90. The summed E-state index contributed by atoms with van der Waals surface area (Å²) >= 11 is 1.79. The Labute approximate surface area is 93.5 Å². The van der Waals surface area contributed by atoms with E-state index in [1.165, 1.54) is 4.88 Å². The molecule has 0 fully saturated rings. The van der Waals surface area contributed by atoms with Crippen LogP contribution in [-0.4, -0.2) is 9.78 Å². The first-order valence-electron chi connectivity index (χ1n) is 5.02. The SMILES string of the molecule is Cn1cc(C(N)CCc2cccs2)cn1. The van der Waals surface area contributed by atoms with Crippen molar-refractivity contribution in [1.29, 1.82) is 0 Å². The fourth-order valence-corrected chi connectivity index (χ4v) is 2.28. The minimum Gasteiger partial charge on any atom is -0.324 e. The third-order valence-corrected chi connectivity index (χ3v) is 3.37. The second kappa shape index (κ2) is 4.59. The third-order valence-electron chi connectivity index (χ3n) is 2.43. The average molecular weight is 221 g/mol. The molecule has 0 aromatic carbocycles. The number of rotatable bonds is 4. The third kappa shape index (κ3) is 2.67. The van der Waals surface area contributed by atoms with Crippen LogP contribution >= 0.6 is 11.3 Å².